The Morgan fingerprint density at radius 2 is 2.03 bits per heavy atom. The molecule has 32 heavy (non-hydrogen) atoms. The number of fused-ring (bicyclic) bond motifs is 1. The highest BCUT2D eigenvalue weighted by Gasteiger charge is 2.13. The molecule has 0 aliphatic rings. The molecule has 0 fully saturated rings. The first-order valence-electron chi connectivity index (χ1n) is 10.1. The highest BCUT2D eigenvalue weighted by molar-refractivity contribution is 6.32. The van der Waals surface area contributed by atoms with Crippen LogP contribution in [0, 0.1) is 0 Å². The number of ether oxygens (including phenoxy) is 2. The van der Waals surface area contributed by atoms with E-state index in [2.05, 4.69) is 30.8 Å². The van der Waals surface area contributed by atoms with Gasteiger partial charge in [-0.3, -0.25) is 15.1 Å². The zero-order chi connectivity index (χ0) is 22.2. The average molecular weight is 455 g/mol. The Hall–Kier alpha value is -3.40. The highest BCUT2D eigenvalue weighted by atomic mass is 35.5. The standard InChI is InChI=1S/C22H23ClN6O3/c23-17-11-15(4-5-20(17)32-14-16-3-1-2-6-26-16)27-18-12-25-13-19-21(18)22(29-28-19)31-10-8-24-7-9-30/h1-6,11-13,24,27,30H,7-10,14H2,(H,28,29). The van der Waals surface area contributed by atoms with Gasteiger partial charge in [-0.1, -0.05) is 17.7 Å². The Balaban J connectivity index is 1.45. The van der Waals surface area contributed by atoms with Gasteiger partial charge in [-0.2, -0.15) is 0 Å². The number of aliphatic hydroxyl groups is 1. The van der Waals surface area contributed by atoms with Gasteiger partial charge in [0.25, 0.3) is 0 Å². The average Bonchev–Trinajstić information content (AvgIpc) is 3.23. The largest absolute Gasteiger partial charge is 0.486 e. The first-order valence-corrected chi connectivity index (χ1v) is 10.5. The molecule has 166 valence electrons. The van der Waals surface area contributed by atoms with Crippen molar-refractivity contribution in [3.05, 3.63) is 65.7 Å². The minimum absolute atomic E-state index is 0.0839. The SMILES string of the molecule is OCCNCCOc1n[nH]c2cncc(Nc3ccc(OCc4ccccn4)c(Cl)c3)c12. The van der Waals surface area contributed by atoms with Gasteiger partial charge in [0, 0.05) is 25.0 Å². The Kier molecular flexibility index (Phi) is 7.34. The molecule has 4 aromatic rings. The third-order valence-corrected chi connectivity index (χ3v) is 4.85. The van der Waals surface area contributed by atoms with E-state index in [1.165, 1.54) is 0 Å². The van der Waals surface area contributed by atoms with Crippen LogP contribution >= 0.6 is 11.6 Å². The van der Waals surface area contributed by atoms with Crippen LogP contribution in [-0.2, 0) is 6.61 Å². The summed E-state index contributed by atoms with van der Waals surface area (Å²) in [4.78, 5) is 8.49. The highest BCUT2D eigenvalue weighted by Crippen LogP contribution is 2.34. The molecule has 0 spiro atoms. The van der Waals surface area contributed by atoms with Crippen molar-refractivity contribution in [2.75, 3.05) is 31.6 Å². The molecule has 0 radical (unpaired) electrons. The van der Waals surface area contributed by atoms with Crippen LogP contribution in [0.3, 0.4) is 0 Å². The number of aromatic nitrogens is 4. The number of rotatable bonds is 11. The summed E-state index contributed by atoms with van der Waals surface area (Å²) >= 11 is 6.43. The van der Waals surface area contributed by atoms with Gasteiger partial charge in [0.15, 0.2) is 0 Å². The second-order valence-corrected chi connectivity index (χ2v) is 7.25. The molecule has 9 nitrogen and oxygen atoms in total. The van der Waals surface area contributed by atoms with Gasteiger partial charge in [0.1, 0.15) is 19.0 Å². The number of halogens is 1. The Bertz CT molecular complexity index is 1160. The summed E-state index contributed by atoms with van der Waals surface area (Å²) in [7, 11) is 0. The van der Waals surface area contributed by atoms with Gasteiger partial charge in [-0.05, 0) is 30.3 Å². The third kappa shape index (κ3) is 5.44. The van der Waals surface area contributed by atoms with Crippen molar-refractivity contribution in [1.29, 1.82) is 0 Å². The molecular formula is C22H23ClN6O3. The monoisotopic (exact) mass is 454 g/mol. The van der Waals surface area contributed by atoms with Crippen molar-refractivity contribution in [3.8, 4) is 11.6 Å². The van der Waals surface area contributed by atoms with Crippen LogP contribution in [0.25, 0.3) is 10.9 Å². The van der Waals surface area contributed by atoms with Crippen LogP contribution in [0.4, 0.5) is 11.4 Å². The maximum absolute atomic E-state index is 8.83. The molecule has 0 saturated heterocycles. The fraction of sp³-hybridized carbons (Fsp3) is 0.227. The maximum Gasteiger partial charge on any atom is 0.242 e. The summed E-state index contributed by atoms with van der Waals surface area (Å²) in [5, 5.41) is 23.6. The molecule has 0 unspecified atom stereocenters. The zero-order valence-electron chi connectivity index (χ0n) is 17.2. The second kappa shape index (κ2) is 10.8. The lowest BCUT2D eigenvalue weighted by Gasteiger charge is -2.12. The summed E-state index contributed by atoms with van der Waals surface area (Å²) in [6.07, 6.45) is 5.11. The van der Waals surface area contributed by atoms with E-state index in [9.17, 15) is 0 Å². The number of anilines is 2. The van der Waals surface area contributed by atoms with Crippen molar-refractivity contribution < 1.29 is 14.6 Å². The van der Waals surface area contributed by atoms with Crippen LogP contribution in [0.15, 0.2) is 55.0 Å². The molecule has 1 aromatic carbocycles. The number of pyridine rings is 2. The van der Waals surface area contributed by atoms with Gasteiger partial charge in [0.05, 0.1) is 46.3 Å². The number of aliphatic hydroxyl groups excluding tert-OH is 1. The molecule has 0 aliphatic carbocycles. The van der Waals surface area contributed by atoms with Crippen molar-refractivity contribution >= 4 is 33.9 Å². The van der Waals surface area contributed by atoms with Crippen LogP contribution in [0.5, 0.6) is 11.6 Å². The molecule has 4 rings (SSSR count). The van der Waals surface area contributed by atoms with Crippen molar-refractivity contribution in [2.45, 2.75) is 6.61 Å². The smallest absolute Gasteiger partial charge is 0.242 e. The van der Waals surface area contributed by atoms with Crippen LogP contribution < -0.4 is 20.1 Å². The summed E-state index contributed by atoms with van der Waals surface area (Å²) in [6.45, 7) is 1.94. The number of aromatic amines is 1. The predicted octanol–water partition coefficient (Wildman–Crippen LogP) is 3.29. The normalized spacial score (nSPS) is 10.9. The van der Waals surface area contributed by atoms with E-state index in [0.29, 0.717) is 43.0 Å². The molecule has 0 saturated carbocycles. The van der Waals surface area contributed by atoms with Gasteiger partial charge < -0.3 is 25.2 Å². The first-order chi connectivity index (χ1) is 15.7. The summed E-state index contributed by atoms with van der Waals surface area (Å²) in [5.74, 6) is 1.04. The van der Waals surface area contributed by atoms with Crippen LogP contribution in [0.1, 0.15) is 5.69 Å². The van der Waals surface area contributed by atoms with Crippen LogP contribution in [-0.4, -0.2) is 51.6 Å². The zero-order valence-corrected chi connectivity index (χ0v) is 18.0. The van der Waals surface area contributed by atoms with Gasteiger partial charge in [-0.15, -0.1) is 5.10 Å². The third-order valence-electron chi connectivity index (χ3n) is 4.56. The van der Waals surface area contributed by atoms with Gasteiger partial charge in [-0.25, -0.2) is 0 Å². The summed E-state index contributed by atoms with van der Waals surface area (Å²) in [6, 6.07) is 11.1. The lowest BCUT2D eigenvalue weighted by atomic mass is 10.2. The number of H-pyrrole nitrogens is 1. The van der Waals surface area contributed by atoms with E-state index in [-0.39, 0.29) is 6.61 Å². The van der Waals surface area contributed by atoms with Gasteiger partial charge >= 0.3 is 0 Å². The molecule has 4 N–H and O–H groups in total. The van der Waals surface area contributed by atoms with E-state index >= 15 is 0 Å². The quantitative estimate of drug-likeness (QED) is 0.255. The molecular weight excluding hydrogens is 432 g/mol. The van der Waals surface area contributed by atoms with Crippen LogP contribution in [0.2, 0.25) is 5.02 Å². The fourth-order valence-electron chi connectivity index (χ4n) is 3.05. The van der Waals surface area contributed by atoms with Crippen molar-refractivity contribution in [1.82, 2.24) is 25.5 Å². The van der Waals surface area contributed by atoms with E-state index in [1.807, 2.05) is 24.3 Å². The predicted molar refractivity (Wildman–Crippen MR) is 123 cm³/mol. The van der Waals surface area contributed by atoms with E-state index in [1.54, 1.807) is 30.7 Å². The van der Waals surface area contributed by atoms with Gasteiger partial charge in [0.2, 0.25) is 5.88 Å². The number of nitrogens with one attached hydrogen (secondary N) is 3. The molecule has 0 amide bonds. The first kappa shape index (κ1) is 21.8. The minimum atomic E-state index is 0.0839. The molecule has 10 heteroatoms. The number of hydrogen-bond acceptors (Lipinski definition) is 8. The Morgan fingerprint density at radius 3 is 2.84 bits per heavy atom. The number of nitrogens with zero attached hydrogens (tertiary/aromatic N) is 3. The summed E-state index contributed by atoms with van der Waals surface area (Å²) in [5.41, 5.74) is 3.07. The number of benzene rings is 1. The van der Waals surface area contributed by atoms with E-state index in [0.717, 1.165) is 28.0 Å². The fourth-order valence-corrected chi connectivity index (χ4v) is 3.29. The summed E-state index contributed by atoms with van der Waals surface area (Å²) < 4.78 is 11.6. The minimum Gasteiger partial charge on any atom is -0.486 e. The molecule has 0 bridgehead atoms. The molecule has 3 aromatic heterocycles. The molecule has 0 atom stereocenters. The van der Waals surface area contributed by atoms with Crippen molar-refractivity contribution in [2.24, 2.45) is 0 Å². The Labute approximate surface area is 189 Å². The second-order valence-electron chi connectivity index (χ2n) is 6.84. The molecule has 3 heterocycles. The lowest BCUT2D eigenvalue weighted by molar-refractivity contribution is 0.273. The topological polar surface area (TPSA) is 117 Å². The number of hydrogen-bond donors (Lipinski definition) is 4. The Morgan fingerprint density at radius 1 is 1.09 bits per heavy atom. The van der Waals surface area contributed by atoms with Crippen molar-refractivity contribution in [3.63, 3.8) is 0 Å². The molecule has 0 aliphatic heterocycles. The maximum atomic E-state index is 8.83. The van der Waals surface area contributed by atoms with E-state index in [4.69, 9.17) is 26.2 Å². The van der Waals surface area contributed by atoms with E-state index < -0.39 is 0 Å². The lowest BCUT2D eigenvalue weighted by Crippen LogP contribution is -2.24.